The summed E-state index contributed by atoms with van der Waals surface area (Å²) in [6.45, 7) is 2.61. The molecule has 1 aliphatic heterocycles. The van der Waals surface area contributed by atoms with Crippen molar-refractivity contribution in [2.24, 2.45) is 5.73 Å². The van der Waals surface area contributed by atoms with Gasteiger partial charge in [0, 0.05) is 55.7 Å². The van der Waals surface area contributed by atoms with E-state index in [0.29, 0.717) is 43.0 Å². The molecule has 0 radical (unpaired) electrons. The maximum Gasteiger partial charge on any atom is 0.236 e. The number of rotatable bonds is 8. The van der Waals surface area contributed by atoms with Crippen LogP contribution in [-0.2, 0) is 10.5 Å². The van der Waals surface area contributed by atoms with E-state index in [-0.39, 0.29) is 23.8 Å². The average Bonchev–Trinajstić information content (AvgIpc) is 2.78. The first-order chi connectivity index (χ1) is 14.5. The number of carbonyl (C=O) groups is 1. The molecule has 3 N–H and O–H groups in total. The van der Waals surface area contributed by atoms with Crippen LogP contribution in [0, 0.1) is 11.6 Å². The van der Waals surface area contributed by atoms with E-state index in [2.05, 4.69) is 19.0 Å². The van der Waals surface area contributed by atoms with Crippen molar-refractivity contribution in [1.82, 2.24) is 19.2 Å². The number of hydrogen-bond acceptors (Lipinski definition) is 9. The van der Waals surface area contributed by atoms with Crippen LogP contribution in [0.3, 0.4) is 0 Å². The van der Waals surface area contributed by atoms with Crippen LogP contribution in [0.15, 0.2) is 29.4 Å². The summed E-state index contributed by atoms with van der Waals surface area (Å²) < 4.78 is 37.7. The Balaban J connectivity index is 1.58. The number of benzene rings is 1. The lowest BCUT2D eigenvalue weighted by Gasteiger charge is -2.33. The minimum absolute atomic E-state index is 0.0199. The van der Waals surface area contributed by atoms with Gasteiger partial charge in [0.1, 0.15) is 5.82 Å². The third-order valence-corrected chi connectivity index (χ3v) is 6.14. The molecule has 1 aromatic carbocycles. The number of hydrogen-bond donors (Lipinski definition) is 2. The Bertz CT molecular complexity index is 884. The van der Waals surface area contributed by atoms with Crippen LogP contribution in [0.25, 0.3) is 0 Å². The molecule has 0 atom stereocenters. The van der Waals surface area contributed by atoms with Crippen molar-refractivity contribution in [3.63, 3.8) is 0 Å². The molecule has 0 saturated carbocycles. The van der Waals surface area contributed by atoms with Gasteiger partial charge in [-0.05, 0) is 6.07 Å². The molecule has 1 aliphatic rings. The zero-order valence-corrected chi connectivity index (χ0v) is 17.9. The van der Waals surface area contributed by atoms with E-state index in [0.717, 1.165) is 6.07 Å². The fourth-order valence-electron chi connectivity index (χ4n) is 2.70. The molecule has 1 saturated heterocycles. The number of methoxy groups -OCH3 is 1. The van der Waals surface area contributed by atoms with Crippen molar-refractivity contribution in [2.75, 3.05) is 44.6 Å². The number of piperazine rings is 1. The van der Waals surface area contributed by atoms with E-state index in [1.165, 1.54) is 43.1 Å². The highest BCUT2D eigenvalue weighted by Gasteiger charge is 2.21. The van der Waals surface area contributed by atoms with Crippen LogP contribution in [0.4, 0.5) is 14.6 Å². The normalized spacial score (nSPS) is 14.6. The second-order valence-electron chi connectivity index (χ2n) is 6.29. The molecule has 0 unspecified atom stereocenters. The first kappa shape index (κ1) is 22.5. The Morgan fingerprint density at radius 1 is 1.27 bits per heavy atom. The standard InChI is InChI=1S/C18H22F2N6O2S2/c1-28-15-9-14(24-30-26-7-5-25(6-8-26)16(27)10-21)22-18(23-15)29-11-12-3-2-4-13(19)17(12)20/h2-4,9H,5-8,10-11,21H2,1H3,(H,22,23,24). The van der Waals surface area contributed by atoms with E-state index in [9.17, 15) is 13.6 Å². The van der Waals surface area contributed by atoms with Crippen molar-refractivity contribution >= 4 is 35.6 Å². The Hall–Kier alpha value is -2.15. The molecule has 2 aromatic rings. The summed E-state index contributed by atoms with van der Waals surface area (Å²) in [5.41, 5.74) is 5.64. The van der Waals surface area contributed by atoms with Gasteiger partial charge in [0.25, 0.3) is 0 Å². The number of nitrogens with zero attached hydrogens (tertiary/aromatic N) is 4. The Kier molecular flexibility index (Phi) is 8.08. The van der Waals surface area contributed by atoms with Crippen molar-refractivity contribution in [3.8, 4) is 5.88 Å². The fourth-order valence-corrected chi connectivity index (χ4v) is 4.19. The lowest BCUT2D eigenvalue weighted by molar-refractivity contribution is -0.130. The van der Waals surface area contributed by atoms with E-state index in [1.54, 1.807) is 11.0 Å². The third kappa shape index (κ3) is 5.94. The Morgan fingerprint density at radius 3 is 2.73 bits per heavy atom. The molecule has 0 aliphatic carbocycles. The molecule has 162 valence electrons. The quantitative estimate of drug-likeness (QED) is 0.352. The summed E-state index contributed by atoms with van der Waals surface area (Å²) in [4.78, 5) is 22.0. The monoisotopic (exact) mass is 456 g/mol. The van der Waals surface area contributed by atoms with Gasteiger partial charge in [-0.3, -0.25) is 4.79 Å². The van der Waals surface area contributed by atoms with Crippen molar-refractivity contribution < 1.29 is 18.3 Å². The summed E-state index contributed by atoms with van der Waals surface area (Å²) in [6, 6.07) is 5.71. The topological polar surface area (TPSA) is 96.6 Å². The maximum absolute atomic E-state index is 13.8. The number of halogens is 2. The lowest BCUT2D eigenvalue weighted by atomic mass is 10.2. The van der Waals surface area contributed by atoms with Crippen LogP contribution < -0.4 is 15.2 Å². The van der Waals surface area contributed by atoms with Gasteiger partial charge in [-0.1, -0.05) is 23.9 Å². The van der Waals surface area contributed by atoms with Crippen molar-refractivity contribution in [1.29, 1.82) is 0 Å². The molecule has 0 bridgehead atoms. The van der Waals surface area contributed by atoms with E-state index in [1.807, 2.05) is 0 Å². The lowest BCUT2D eigenvalue weighted by Crippen LogP contribution is -2.48. The molecular weight excluding hydrogens is 434 g/mol. The van der Waals surface area contributed by atoms with Crippen LogP contribution in [0.2, 0.25) is 0 Å². The Labute approximate surface area is 181 Å². The zero-order chi connectivity index (χ0) is 21.5. The number of amides is 1. The summed E-state index contributed by atoms with van der Waals surface area (Å²) >= 11 is 2.55. The molecule has 3 rings (SSSR count). The summed E-state index contributed by atoms with van der Waals surface area (Å²) in [6.07, 6.45) is 0. The van der Waals surface area contributed by atoms with E-state index >= 15 is 0 Å². The molecule has 30 heavy (non-hydrogen) atoms. The summed E-state index contributed by atoms with van der Waals surface area (Å²) in [5.74, 6) is -0.742. The number of nitrogens with two attached hydrogens (primary N) is 1. The number of nitrogens with one attached hydrogen (secondary N) is 1. The molecule has 12 heteroatoms. The fraction of sp³-hybridized carbons (Fsp3) is 0.389. The highest BCUT2D eigenvalue weighted by atomic mass is 32.2. The molecule has 0 spiro atoms. The zero-order valence-electron chi connectivity index (χ0n) is 16.3. The Morgan fingerprint density at radius 2 is 2.03 bits per heavy atom. The van der Waals surface area contributed by atoms with Crippen LogP contribution in [0.1, 0.15) is 5.56 Å². The summed E-state index contributed by atoms with van der Waals surface area (Å²) in [5, 5.41) is 0.375. The number of aromatic nitrogens is 2. The minimum Gasteiger partial charge on any atom is -0.481 e. The highest BCUT2D eigenvalue weighted by molar-refractivity contribution is 7.98. The number of carbonyl (C=O) groups excluding carboxylic acids is 1. The first-order valence-corrected chi connectivity index (χ1v) is 10.9. The van der Waals surface area contributed by atoms with Gasteiger partial charge in [-0.25, -0.2) is 18.1 Å². The van der Waals surface area contributed by atoms with Gasteiger partial charge < -0.3 is 20.1 Å². The van der Waals surface area contributed by atoms with E-state index in [4.69, 9.17) is 10.5 Å². The molecule has 1 fully saturated rings. The average molecular weight is 457 g/mol. The van der Waals surface area contributed by atoms with Gasteiger partial charge in [0.15, 0.2) is 16.8 Å². The van der Waals surface area contributed by atoms with Gasteiger partial charge >= 0.3 is 0 Å². The van der Waals surface area contributed by atoms with Gasteiger partial charge in [-0.15, -0.1) is 0 Å². The number of thioether (sulfide) groups is 1. The predicted octanol–water partition coefficient (Wildman–Crippen LogP) is 2.13. The second kappa shape index (κ2) is 10.8. The van der Waals surface area contributed by atoms with Crippen molar-refractivity contribution in [2.45, 2.75) is 10.9 Å². The molecule has 2 heterocycles. The SMILES string of the molecule is COc1cc(NSN2CCN(C(=O)CN)CC2)nc(SCc2cccc(F)c2F)n1. The third-order valence-electron chi connectivity index (χ3n) is 4.32. The molecule has 8 nitrogen and oxygen atoms in total. The smallest absolute Gasteiger partial charge is 0.236 e. The molecular formula is C18H22F2N6O2S2. The number of anilines is 1. The van der Waals surface area contributed by atoms with Crippen LogP contribution in [0.5, 0.6) is 5.88 Å². The van der Waals surface area contributed by atoms with Crippen LogP contribution in [-0.4, -0.2) is 64.9 Å². The van der Waals surface area contributed by atoms with E-state index < -0.39 is 11.6 Å². The highest BCUT2D eigenvalue weighted by Crippen LogP contribution is 2.27. The first-order valence-electron chi connectivity index (χ1n) is 9.14. The molecule has 1 aromatic heterocycles. The number of ether oxygens (including phenoxy) is 1. The largest absolute Gasteiger partial charge is 0.481 e. The van der Waals surface area contributed by atoms with Gasteiger partial charge in [-0.2, -0.15) is 4.98 Å². The maximum atomic E-state index is 13.8. The molecule has 1 amide bonds. The van der Waals surface area contributed by atoms with Gasteiger partial charge in [0.05, 0.1) is 13.7 Å². The van der Waals surface area contributed by atoms with Crippen molar-refractivity contribution in [3.05, 3.63) is 41.5 Å². The van der Waals surface area contributed by atoms with Crippen LogP contribution >= 0.6 is 23.9 Å². The second-order valence-corrected chi connectivity index (χ2v) is 8.13. The summed E-state index contributed by atoms with van der Waals surface area (Å²) in [7, 11) is 1.49. The van der Waals surface area contributed by atoms with Gasteiger partial charge in [0.2, 0.25) is 11.8 Å². The minimum atomic E-state index is -0.883. The predicted molar refractivity (Wildman–Crippen MR) is 113 cm³/mol.